The Morgan fingerprint density at radius 2 is 1.86 bits per heavy atom. The number of benzene rings is 1. The minimum absolute atomic E-state index is 0.538. The van der Waals surface area contributed by atoms with Crippen LogP contribution in [0.4, 0.5) is 5.95 Å². The topological polar surface area (TPSA) is 49.6 Å². The highest BCUT2D eigenvalue weighted by Gasteiger charge is 2.29. The Hall–Kier alpha value is -2.21. The first-order chi connectivity index (χ1) is 13.7. The zero-order valence-corrected chi connectivity index (χ0v) is 17.0. The van der Waals surface area contributed by atoms with E-state index in [9.17, 15) is 0 Å². The molecule has 6 heteroatoms. The van der Waals surface area contributed by atoms with Crippen LogP contribution in [-0.2, 0) is 0 Å². The average Bonchev–Trinajstić information content (AvgIpc) is 3.12. The zero-order chi connectivity index (χ0) is 19.1. The number of para-hydroxylation sites is 1. The molecule has 2 aliphatic rings. The summed E-state index contributed by atoms with van der Waals surface area (Å²) in [5.41, 5.74) is 1.91. The molecule has 0 bridgehead atoms. The molecule has 1 saturated carbocycles. The van der Waals surface area contributed by atoms with Crippen LogP contribution in [-0.4, -0.2) is 56.7 Å². The standard InChI is InChI=1S/C22H30N6/c1-16-14-27(13-12-26(16)15-18-8-4-3-5-9-18)22-23-20-11-7-6-10-19(20)21-25-24-17(2)28(21)22/h6-7,10-11,16,18H,3-5,8-9,12-15H2,1-2H3. The van der Waals surface area contributed by atoms with Gasteiger partial charge < -0.3 is 4.90 Å². The second kappa shape index (κ2) is 7.32. The lowest BCUT2D eigenvalue weighted by molar-refractivity contribution is 0.143. The number of anilines is 1. The molecule has 28 heavy (non-hydrogen) atoms. The molecule has 148 valence electrons. The van der Waals surface area contributed by atoms with Crippen LogP contribution in [0.25, 0.3) is 16.6 Å². The molecule has 1 aliphatic carbocycles. The van der Waals surface area contributed by atoms with Gasteiger partial charge in [0, 0.05) is 37.6 Å². The van der Waals surface area contributed by atoms with Gasteiger partial charge in [-0.15, -0.1) is 10.2 Å². The van der Waals surface area contributed by atoms with Crippen LogP contribution in [0.3, 0.4) is 0 Å². The minimum Gasteiger partial charge on any atom is -0.339 e. The quantitative estimate of drug-likeness (QED) is 0.696. The van der Waals surface area contributed by atoms with E-state index in [0.717, 1.165) is 53.9 Å². The van der Waals surface area contributed by atoms with Crippen molar-refractivity contribution < 1.29 is 0 Å². The third kappa shape index (κ3) is 3.13. The molecule has 2 fully saturated rings. The van der Waals surface area contributed by atoms with E-state index in [4.69, 9.17) is 4.98 Å². The van der Waals surface area contributed by atoms with Crippen LogP contribution in [0.15, 0.2) is 24.3 Å². The van der Waals surface area contributed by atoms with Crippen molar-refractivity contribution in [2.45, 2.75) is 52.0 Å². The Morgan fingerprint density at radius 3 is 2.68 bits per heavy atom. The molecule has 0 radical (unpaired) electrons. The van der Waals surface area contributed by atoms with E-state index in [-0.39, 0.29) is 0 Å². The van der Waals surface area contributed by atoms with Crippen molar-refractivity contribution in [3.8, 4) is 0 Å². The molecule has 0 amide bonds. The van der Waals surface area contributed by atoms with E-state index in [1.165, 1.54) is 38.6 Å². The van der Waals surface area contributed by atoms with Crippen molar-refractivity contribution in [3.63, 3.8) is 0 Å². The Morgan fingerprint density at radius 1 is 1.04 bits per heavy atom. The van der Waals surface area contributed by atoms with Crippen molar-refractivity contribution in [2.75, 3.05) is 31.1 Å². The van der Waals surface area contributed by atoms with Gasteiger partial charge in [-0.3, -0.25) is 4.90 Å². The molecule has 0 spiro atoms. The molecule has 3 heterocycles. The largest absolute Gasteiger partial charge is 0.339 e. The lowest BCUT2D eigenvalue weighted by atomic mass is 9.88. The van der Waals surface area contributed by atoms with Crippen LogP contribution in [0.2, 0.25) is 0 Å². The van der Waals surface area contributed by atoms with Crippen LogP contribution in [0.1, 0.15) is 44.9 Å². The monoisotopic (exact) mass is 378 g/mol. The number of aryl methyl sites for hydroxylation is 1. The molecule has 1 unspecified atom stereocenters. The van der Waals surface area contributed by atoms with Crippen molar-refractivity contribution in [2.24, 2.45) is 5.92 Å². The highest BCUT2D eigenvalue weighted by atomic mass is 15.4. The number of nitrogens with zero attached hydrogens (tertiary/aromatic N) is 6. The van der Waals surface area contributed by atoms with Gasteiger partial charge in [-0.25, -0.2) is 9.38 Å². The van der Waals surface area contributed by atoms with E-state index in [2.05, 4.69) is 43.5 Å². The first-order valence-corrected chi connectivity index (χ1v) is 10.8. The Labute approximate surface area is 166 Å². The van der Waals surface area contributed by atoms with Gasteiger partial charge in [0.25, 0.3) is 0 Å². The van der Waals surface area contributed by atoms with Gasteiger partial charge in [-0.05, 0) is 44.7 Å². The van der Waals surface area contributed by atoms with Crippen LogP contribution >= 0.6 is 0 Å². The maximum Gasteiger partial charge on any atom is 0.213 e. The Kier molecular flexibility index (Phi) is 4.67. The van der Waals surface area contributed by atoms with E-state index in [0.29, 0.717) is 6.04 Å². The first-order valence-electron chi connectivity index (χ1n) is 10.8. The number of aromatic nitrogens is 4. The third-order valence-corrected chi connectivity index (χ3v) is 6.66. The van der Waals surface area contributed by atoms with Gasteiger partial charge in [0.15, 0.2) is 5.65 Å². The first kappa shape index (κ1) is 17.9. The summed E-state index contributed by atoms with van der Waals surface area (Å²) in [6.45, 7) is 8.77. The summed E-state index contributed by atoms with van der Waals surface area (Å²) >= 11 is 0. The minimum atomic E-state index is 0.538. The van der Waals surface area contributed by atoms with Crippen molar-refractivity contribution in [3.05, 3.63) is 30.1 Å². The molecule has 6 nitrogen and oxygen atoms in total. The van der Waals surface area contributed by atoms with Crippen molar-refractivity contribution in [1.82, 2.24) is 24.5 Å². The van der Waals surface area contributed by atoms with Gasteiger partial charge in [0.2, 0.25) is 5.95 Å². The van der Waals surface area contributed by atoms with E-state index in [1.807, 2.05) is 19.1 Å². The molecule has 1 aliphatic heterocycles. The number of fused-ring (bicyclic) bond motifs is 3. The van der Waals surface area contributed by atoms with E-state index >= 15 is 0 Å². The summed E-state index contributed by atoms with van der Waals surface area (Å²) in [7, 11) is 0. The molecule has 1 atom stereocenters. The maximum atomic E-state index is 5.03. The van der Waals surface area contributed by atoms with Crippen LogP contribution in [0, 0.1) is 12.8 Å². The number of hydrogen-bond acceptors (Lipinski definition) is 5. The predicted molar refractivity (Wildman–Crippen MR) is 113 cm³/mol. The van der Waals surface area contributed by atoms with Gasteiger partial charge in [-0.2, -0.15) is 0 Å². The molecule has 0 N–H and O–H groups in total. The van der Waals surface area contributed by atoms with E-state index < -0.39 is 0 Å². The fraction of sp³-hybridized carbons (Fsp3) is 0.591. The fourth-order valence-electron chi connectivity index (χ4n) is 5.06. The van der Waals surface area contributed by atoms with E-state index in [1.54, 1.807) is 0 Å². The lowest BCUT2D eigenvalue weighted by Crippen LogP contribution is -2.53. The summed E-state index contributed by atoms with van der Waals surface area (Å²) in [6.07, 6.45) is 7.11. The maximum absolute atomic E-state index is 5.03. The Bertz CT molecular complexity index is 974. The summed E-state index contributed by atoms with van der Waals surface area (Å²) in [4.78, 5) is 10.2. The summed E-state index contributed by atoms with van der Waals surface area (Å²) < 4.78 is 2.13. The molecule has 5 rings (SSSR count). The second-order valence-corrected chi connectivity index (χ2v) is 8.63. The number of rotatable bonds is 3. The highest BCUT2D eigenvalue weighted by molar-refractivity contribution is 5.92. The molecule has 1 saturated heterocycles. The van der Waals surface area contributed by atoms with Crippen LogP contribution in [0.5, 0.6) is 0 Å². The third-order valence-electron chi connectivity index (χ3n) is 6.66. The van der Waals surface area contributed by atoms with Gasteiger partial charge >= 0.3 is 0 Å². The molecule has 3 aromatic rings. The summed E-state index contributed by atoms with van der Waals surface area (Å²) in [5.74, 6) is 2.79. The number of piperazine rings is 1. The summed E-state index contributed by atoms with van der Waals surface area (Å²) in [5, 5.41) is 9.86. The number of hydrogen-bond donors (Lipinski definition) is 0. The SMILES string of the molecule is Cc1nnc2c3ccccc3nc(N3CCN(CC4CCCCC4)C(C)C3)n12. The average molecular weight is 379 g/mol. The highest BCUT2D eigenvalue weighted by Crippen LogP contribution is 2.28. The predicted octanol–water partition coefficient (Wildman–Crippen LogP) is 3.68. The Balaban J connectivity index is 1.42. The molecular weight excluding hydrogens is 348 g/mol. The normalized spacial score (nSPS) is 22.4. The summed E-state index contributed by atoms with van der Waals surface area (Å²) in [6, 6.07) is 8.78. The molecule has 2 aromatic heterocycles. The van der Waals surface area contributed by atoms with Crippen LogP contribution < -0.4 is 4.90 Å². The van der Waals surface area contributed by atoms with Gasteiger partial charge in [0.05, 0.1) is 5.52 Å². The second-order valence-electron chi connectivity index (χ2n) is 8.63. The van der Waals surface area contributed by atoms with Gasteiger partial charge in [0.1, 0.15) is 5.82 Å². The molecular formula is C22H30N6. The van der Waals surface area contributed by atoms with Crippen molar-refractivity contribution in [1.29, 1.82) is 0 Å². The molecule has 1 aromatic carbocycles. The van der Waals surface area contributed by atoms with Crippen molar-refractivity contribution >= 4 is 22.5 Å². The van der Waals surface area contributed by atoms with Gasteiger partial charge in [-0.1, -0.05) is 31.4 Å². The lowest BCUT2D eigenvalue weighted by Gasteiger charge is -2.42. The fourth-order valence-corrected chi connectivity index (χ4v) is 5.06. The zero-order valence-electron chi connectivity index (χ0n) is 17.0. The smallest absolute Gasteiger partial charge is 0.213 e.